The van der Waals surface area contributed by atoms with E-state index in [4.69, 9.17) is 9.68 Å². The molecule has 0 saturated carbocycles. The van der Waals surface area contributed by atoms with Crippen molar-refractivity contribution in [1.29, 1.82) is 5.26 Å². The van der Waals surface area contributed by atoms with Crippen molar-refractivity contribution in [2.75, 3.05) is 6.26 Å². The largest absolute Gasteiger partial charge is 0.445 e. The zero-order valence-electron chi connectivity index (χ0n) is 13.9. The van der Waals surface area contributed by atoms with Crippen LogP contribution in [-0.2, 0) is 9.84 Å². The smallest absolute Gasteiger partial charge is 0.208 e. The van der Waals surface area contributed by atoms with Crippen LogP contribution in [0, 0.1) is 23.0 Å². The van der Waals surface area contributed by atoms with Crippen LogP contribution >= 0.6 is 0 Å². The van der Waals surface area contributed by atoms with E-state index in [-0.39, 0.29) is 33.1 Å². The zero-order valence-corrected chi connectivity index (χ0v) is 14.7. The Bertz CT molecular complexity index is 1240. The molecule has 0 aliphatic carbocycles. The summed E-state index contributed by atoms with van der Waals surface area (Å²) in [7, 11) is -3.44. The van der Waals surface area contributed by atoms with Gasteiger partial charge in [0, 0.05) is 29.5 Å². The summed E-state index contributed by atoms with van der Waals surface area (Å²) in [6.45, 7) is 0. The molecular formula is C19H11F2NO4S. The molecular weight excluding hydrogens is 376 g/mol. The minimum Gasteiger partial charge on any atom is -0.445 e. The Morgan fingerprint density at radius 2 is 1.70 bits per heavy atom. The SMILES string of the molecule is CS(=O)(=O)c1ccc(-c2oc(C#N)cc(=O)c2-c2ccc(F)cc2F)cc1. The maximum absolute atomic E-state index is 14.2. The predicted molar refractivity (Wildman–Crippen MR) is 93.6 cm³/mol. The van der Waals surface area contributed by atoms with Crippen molar-refractivity contribution >= 4 is 9.84 Å². The summed E-state index contributed by atoms with van der Waals surface area (Å²) in [4.78, 5) is 12.5. The summed E-state index contributed by atoms with van der Waals surface area (Å²) in [5.74, 6) is -2.20. The van der Waals surface area contributed by atoms with Gasteiger partial charge in [0.15, 0.2) is 15.3 Å². The highest BCUT2D eigenvalue weighted by Gasteiger charge is 2.20. The van der Waals surface area contributed by atoms with Gasteiger partial charge in [-0.3, -0.25) is 4.79 Å². The van der Waals surface area contributed by atoms with Crippen LogP contribution in [0.2, 0.25) is 0 Å². The highest BCUT2D eigenvalue weighted by atomic mass is 32.2. The molecule has 0 atom stereocenters. The molecule has 0 aliphatic heterocycles. The molecule has 0 radical (unpaired) electrons. The first-order valence-corrected chi connectivity index (χ1v) is 9.44. The standard InChI is InChI=1S/C19H11F2NO4S/c1-27(24,25)14-5-2-11(3-6-14)19-18(17(23)9-13(10-22)26-19)15-7-4-12(20)8-16(15)21/h2-9H,1H3. The summed E-state index contributed by atoms with van der Waals surface area (Å²) in [6, 6.07) is 10.7. The van der Waals surface area contributed by atoms with Crippen LogP contribution in [0.25, 0.3) is 22.5 Å². The van der Waals surface area contributed by atoms with Gasteiger partial charge in [0.05, 0.1) is 10.5 Å². The minimum atomic E-state index is -3.44. The lowest BCUT2D eigenvalue weighted by Crippen LogP contribution is -2.08. The minimum absolute atomic E-state index is 0.0412. The van der Waals surface area contributed by atoms with Crippen LogP contribution < -0.4 is 5.43 Å². The van der Waals surface area contributed by atoms with E-state index in [1.54, 1.807) is 6.07 Å². The highest BCUT2D eigenvalue weighted by Crippen LogP contribution is 2.32. The zero-order chi connectivity index (χ0) is 19.8. The summed E-state index contributed by atoms with van der Waals surface area (Å²) < 4.78 is 56.1. The van der Waals surface area contributed by atoms with E-state index in [0.29, 0.717) is 6.07 Å². The van der Waals surface area contributed by atoms with Crippen LogP contribution in [0.1, 0.15) is 5.76 Å². The Labute approximate surface area is 153 Å². The fourth-order valence-electron chi connectivity index (χ4n) is 2.55. The predicted octanol–water partition coefficient (Wildman–Crippen LogP) is 3.53. The van der Waals surface area contributed by atoms with Gasteiger partial charge in [-0.15, -0.1) is 0 Å². The maximum atomic E-state index is 14.2. The molecule has 136 valence electrons. The molecule has 3 aromatic rings. The topological polar surface area (TPSA) is 88.1 Å². The molecule has 8 heteroatoms. The first-order chi connectivity index (χ1) is 12.7. The molecule has 0 aliphatic rings. The van der Waals surface area contributed by atoms with Crippen molar-refractivity contribution < 1.29 is 21.6 Å². The molecule has 1 heterocycles. The van der Waals surface area contributed by atoms with Gasteiger partial charge >= 0.3 is 0 Å². The van der Waals surface area contributed by atoms with Gasteiger partial charge in [0.2, 0.25) is 5.76 Å². The summed E-state index contributed by atoms with van der Waals surface area (Å²) >= 11 is 0. The third-order valence-corrected chi connectivity index (χ3v) is 4.93. The Morgan fingerprint density at radius 3 is 2.26 bits per heavy atom. The Balaban J connectivity index is 2.30. The number of halogens is 2. The summed E-state index contributed by atoms with van der Waals surface area (Å²) in [5.41, 5.74) is -0.823. The van der Waals surface area contributed by atoms with Crippen LogP contribution in [0.4, 0.5) is 8.78 Å². The van der Waals surface area contributed by atoms with Crippen LogP contribution in [0.5, 0.6) is 0 Å². The van der Waals surface area contributed by atoms with Crippen molar-refractivity contribution in [2.45, 2.75) is 4.90 Å². The second-order valence-corrected chi connectivity index (χ2v) is 7.73. The maximum Gasteiger partial charge on any atom is 0.208 e. The molecule has 1 aromatic heterocycles. The molecule has 0 fully saturated rings. The van der Waals surface area contributed by atoms with Crippen molar-refractivity contribution in [3.63, 3.8) is 0 Å². The lowest BCUT2D eigenvalue weighted by Gasteiger charge is -2.10. The average molecular weight is 387 g/mol. The van der Waals surface area contributed by atoms with Crippen molar-refractivity contribution in [1.82, 2.24) is 0 Å². The second kappa shape index (κ2) is 6.78. The fraction of sp³-hybridized carbons (Fsp3) is 0.0526. The number of nitrogens with zero attached hydrogens (tertiary/aromatic N) is 1. The summed E-state index contributed by atoms with van der Waals surface area (Å²) in [5, 5.41) is 9.05. The molecule has 0 spiro atoms. The van der Waals surface area contributed by atoms with Gasteiger partial charge in [0.25, 0.3) is 0 Å². The van der Waals surface area contributed by atoms with E-state index < -0.39 is 26.9 Å². The summed E-state index contributed by atoms with van der Waals surface area (Å²) in [6.07, 6.45) is 1.04. The monoisotopic (exact) mass is 387 g/mol. The number of sulfone groups is 1. The number of benzene rings is 2. The number of hydrogen-bond donors (Lipinski definition) is 0. The van der Waals surface area contributed by atoms with E-state index in [9.17, 15) is 22.0 Å². The first-order valence-electron chi connectivity index (χ1n) is 7.55. The molecule has 0 unspecified atom stereocenters. The highest BCUT2D eigenvalue weighted by molar-refractivity contribution is 7.90. The van der Waals surface area contributed by atoms with Gasteiger partial charge in [-0.2, -0.15) is 5.26 Å². The Hall–Kier alpha value is -3.31. The second-order valence-electron chi connectivity index (χ2n) is 5.71. The third kappa shape index (κ3) is 3.64. The molecule has 0 amide bonds. The van der Waals surface area contributed by atoms with E-state index in [1.165, 1.54) is 24.3 Å². The van der Waals surface area contributed by atoms with Gasteiger partial charge in [-0.05, 0) is 36.4 Å². The van der Waals surface area contributed by atoms with Gasteiger partial charge in [0.1, 0.15) is 23.5 Å². The quantitative estimate of drug-likeness (QED) is 0.686. The van der Waals surface area contributed by atoms with Crippen molar-refractivity contribution in [3.05, 3.63) is 76.1 Å². The number of rotatable bonds is 3. The Morgan fingerprint density at radius 1 is 1.04 bits per heavy atom. The normalized spacial score (nSPS) is 11.2. The van der Waals surface area contributed by atoms with Gasteiger partial charge in [-0.25, -0.2) is 17.2 Å². The van der Waals surface area contributed by atoms with Crippen LogP contribution in [-0.4, -0.2) is 14.7 Å². The fourth-order valence-corrected chi connectivity index (χ4v) is 3.18. The average Bonchev–Trinajstić information content (AvgIpc) is 2.61. The van der Waals surface area contributed by atoms with E-state index in [0.717, 1.165) is 24.5 Å². The molecule has 0 bridgehead atoms. The molecule has 27 heavy (non-hydrogen) atoms. The number of hydrogen-bond acceptors (Lipinski definition) is 5. The molecule has 3 rings (SSSR count). The molecule has 2 aromatic carbocycles. The van der Waals surface area contributed by atoms with Crippen molar-refractivity contribution in [3.8, 4) is 28.5 Å². The molecule has 0 saturated heterocycles. The van der Waals surface area contributed by atoms with Crippen LogP contribution in [0.3, 0.4) is 0 Å². The van der Waals surface area contributed by atoms with E-state index in [1.807, 2.05) is 0 Å². The van der Waals surface area contributed by atoms with Crippen LogP contribution in [0.15, 0.2) is 62.6 Å². The van der Waals surface area contributed by atoms with E-state index >= 15 is 0 Å². The van der Waals surface area contributed by atoms with Crippen molar-refractivity contribution in [2.24, 2.45) is 0 Å². The lowest BCUT2D eigenvalue weighted by molar-refractivity contribution is 0.548. The van der Waals surface area contributed by atoms with E-state index in [2.05, 4.69) is 0 Å². The number of nitriles is 1. The third-order valence-electron chi connectivity index (χ3n) is 3.80. The van der Waals surface area contributed by atoms with Gasteiger partial charge < -0.3 is 4.42 Å². The van der Waals surface area contributed by atoms with Gasteiger partial charge in [-0.1, -0.05) is 0 Å². The lowest BCUT2D eigenvalue weighted by atomic mass is 9.99. The Kier molecular flexibility index (Phi) is 4.64. The molecule has 0 N–H and O–H groups in total. The first kappa shape index (κ1) is 18.5. The molecule has 5 nitrogen and oxygen atoms in total.